The van der Waals surface area contributed by atoms with Gasteiger partial charge in [-0.2, -0.15) is 0 Å². The van der Waals surface area contributed by atoms with E-state index < -0.39 is 6.10 Å². The molecule has 1 unspecified atom stereocenters. The van der Waals surface area contributed by atoms with Crippen molar-refractivity contribution in [1.82, 2.24) is 0 Å². The number of methoxy groups -OCH3 is 2. The highest BCUT2D eigenvalue weighted by Crippen LogP contribution is 2.37. The average molecular weight is 331 g/mol. The maximum absolute atomic E-state index is 12.4. The third-order valence-electron chi connectivity index (χ3n) is 2.86. The van der Waals surface area contributed by atoms with E-state index in [1.54, 1.807) is 19.2 Å². The van der Waals surface area contributed by atoms with Crippen LogP contribution in [0, 0.1) is 0 Å². The number of carbonyl (C=O) groups is 1. The highest BCUT2D eigenvalue weighted by Gasteiger charge is 2.28. The molecule has 0 aromatic heterocycles. The van der Waals surface area contributed by atoms with Crippen LogP contribution in [-0.2, 0) is 9.47 Å². The molecule has 0 radical (unpaired) electrons. The normalized spacial score (nSPS) is 19.0. The van der Waals surface area contributed by atoms with Crippen molar-refractivity contribution in [2.75, 3.05) is 34.0 Å². The molecule has 0 bridgehead atoms. The van der Waals surface area contributed by atoms with Gasteiger partial charge in [0.25, 0.3) is 0 Å². The predicted octanol–water partition coefficient (Wildman–Crippen LogP) is 2.06. The van der Waals surface area contributed by atoms with Crippen LogP contribution in [0.2, 0.25) is 0 Å². The van der Waals surface area contributed by atoms with Gasteiger partial charge in [0.2, 0.25) is 0 Å². The van der Waals surface area contributed by atoms with Gasteiger partial charge in [0.15, 0.2) is 5.78 Å². The van der Waals surface area contributed by atoms with Crippen LogP contribution in [0.25, 0.3) is 0 Å². The monoisotopic (exact) mass is 330 g/mol. The van der Waals surface area contributed by atoms with Crippen molar-refractivity contribution in [3.05, 3.63) is 22.2 Å². The SMILES string of the molecule is COc1ccc(C(=O)C2COCCO2)c(OC)c1Br. The number of rotatable bonds is 4. The van der Waals surface area contributed by atoms with Crippen LogP contribution in [0.15, 0.2) is 16.6 Å². The predicted molar refractivity (Wildman–Crippen MR) is 72.1 cm³/mol. The summed E-state index contributed by atoms with van der Waals surface area (Å²) in [5.74, 6) is 0.896. The van der Waals surface area contributed by atoms with Gasteiger partial charge in [-0.1, -0.05) is 0 Å². The first-order chi connectivity index (χ1) is 9.19. The van der Waals surface area contributed by atoms with Crippen molar-refractivity contribution in [3.8, 4) is 11.5 Å². The smallest absolute Gasteiger partial charge is 0.197 e. The van der Waals surface area contributed by atoms with Gasteiger partial charge in [0.1, 0.15) is 22.1 Å². The second-order valence-corrected chi connectivity index (χ2v) is 4.75. The molecule has 1 aromatic carbocycles. The number of carbonyl (C=O) groups excluding carboxylic acids is 1. The second-order valence-electron chi connectivity index (χ2n) is 3.96. The van der Waals surface area contributed by atoms with Gasteiger partial charge in [0.05, 0.1) is 39.6 Å². The zero-order valence-electron chi connectivity index (χ0n) is 10.8. The molecular weight excluding hydrogens is 316 g/mol. The molecule has 0 spiro atoms. The Kier molecular flexibility index (Phi) is 4.79. The van der Waals surface area contributed by atoms with Gasteiger partial charge in [-0.3, -0.25) is 4.79 Å². The summed E-state index contributed by atoms with van der Waals surface area (Å²) in [5.41, 5.74) is 0.450. The summed E-state index contributed by atoms with van der Waals surface area (Å²) in [6, 6.07) is 3.38. The van der Waals surface area contributed by atoms with Crippen LogP contribution in [0.3, 0.4) is 0 Å². The number of ether oxygens (including phenoxy) is 4. The summed E-state index contributed by atoms with van der Waals surface area (Å²) in [7, 11) is 3.06. The molecule has 1 atom stereocenters. The number of benzene rings is 1. The fourth-order valence-corrected chi connectivity index (χ4v) is 2.57. The van der Waals surface area contributed by atoms with Gasteiger partial charge in [-0.25, -0.2) is 0 Å². The Morgan fingerprint density at radius 1 is 1.32 bits per heavy atom. The minimum absolute atomic E-state index is 0.153. The van der Waals surface area contributed by atoms with E-state index in [2.05, 4.69) is 15.9 Å². The molecule has 1 fully saturated rings. The van der Waals surface area contributed by atoms with Gasteiger partial charge in [0, 0.05) is 0 Å². The molecule has 0 aliphatic carbocycles. The van der Waals surface area contributed by atoms with Crippen molar-refractivity contribution < 1.29 is 23.7 Å². The van der Waals surface area contributed by atoms with Crippen LogP contribution in [0.1, 0.15) is 10.4 Å². The number of hydrogen-bond donors (Lipinski definition) is 0. The number of ketones is 1. The molecule has 6 heteroatoms. The topological polar surface area (TPSA) is 54.0 Å². The van der Waals surface area contributed by atoms with E-state index in [4.69, 9.17) is 18.9 Å². The van der Waals surface area contributed by atoms with E-state index in [1.807, 2.05) is 0 Å². The van der Waals surface area contributed by atoms with E-state index in [-0.39, 0.29) is 12.4 Å². The van der Waals surface area contributed by atoms with Gasteiger partial charge in [-0.15, -0.1) is 0 Å². The summed E-state index contributed by atoms with van der Waals surface area (Å²) in [5, 5.41) is 0. The van der Waals surface area contributed by atoms with E-state index in [9.17, 15) is 4.79 Å². The maximum Gasteiger partial charge on any atom is 0.197 e. The number of halogens is 1. The molecule has 1 saturated heterocycles. The second kappa shape index (κ2) is 6.36. The van der Waals surface area contributed by atoms with Crippen molar-refractivity contribution >= 4 is 21.7 Å². The fraction of sp³-hybridized carbons (Fsp3) is 0.462. The Labute approximate surface area is 119 Å². The molecule has 1 aromatic rings. The zero-order valence-corrected chi connectivity index (χ0v) is 12.4. The van der Waals surface area contributed by atoms with Crippen molar-refractivity contribution in [2.45, 2.75) is 6.10 Å². The summed E-state index contributed by atoms with van der Waals surface area (Å²) in [6.07, 6.45) is -0.581. The third-order valence-corrected chi connectivity index (χ3v) is 3.61. The Hall–Kier alpha value is -1.11. The summed E-state index contributed by atoms with van der Waals surface area (Å²) >= 11 is 3.37. The third kappa shape index (κ3) is 2.91. The molecule has 19 heavy (non-hydrogen) atoms. The standard InChI is InChI=1S/C13H15BrO5/c1-16-9-4-3-8(13(17-2)11(9)14)12(15)10-7-18-5-6-19-10/h3-4,10H,5-7H2,1-2H3. The molecule has 1 aliphatic rings. The molecule has 5 nitrogen and oxygen atoms in total. The lowest BCUT2D eigenvalue weighted by Crippen LogP contribution is -2.35. The van der Waals surface area contributed by atoms with Crippen LogP contribution < -0.4 is 9.47 Å². The molecule has 2 rings (SSSR count). The van der Waals surface area contributed by atoms with E-state index >= 15 is 0 Å². The van der Waals surface area contributed by atoms with Crippen molar-refractivity contribution in [1.29, 1.82) is 0 Å². The molecular formula is C13H15BrO5. The minimum atomic E-state index is -0.581. The van der Waals surface area contributed by atoms with Crippen LogP contribution in [0.5, 0.6) is 11.5 Å². The molecule has 1 aliphatic heterocycles. The average Bonchev–Trinajstić information content (AvgIpc) is 2.47. The first kappa shape index (κ1) is 14.3. The quantitative estimate of drug-likeness (QED) is 0.791. The number of Topliss-reactive ketones (excluding diaryl/α,β-unsaturated/α-hetero) is 1. The summed E-state index contributed by atoms with van der Waals surface area (Å²) < 4.78 is 21.7. The first-order valence-corrected chi connectivity index (χ1v) is 6.62. The van der Waals surface area contributed by atoms with Gasteiger partial charge < -0.3 is 18.9 Å². The Balaban J connectivity index is 2.33. The van der Waals surface area contributed by atoms with Crippen LogP contribution >= 0.6 is 15.9 Å². The lowest BCUT2D eigenvalue weighted by molar-refractivity contribution is -0.0719. The molecule has 0 N–H and O–H groups in total. The summed E-state index contributed by atoms with van der Waals surface area (Å²) in [4.78, 5) is 12.4. The van der Waals surface area contributed by atoms with E-state index in [0.717, 1.165) is 0 Å². The van der Waals surface area contributed by atoms with Crippen molar-refractivity contribution in [3.63, 3.8) is 0 Å². The lowest BCUT2D eigenvalue weighted by Gasteiger charge is -2.23. The fourth-order valence-electron chi connectivity index (χ4n) is 1.90. The highest BCUT2D eigenvalue weighted by molar-refractivity contribution is 9.10. The van der Waals surface area contributed by atoms with Crippen LogP contribution in [-0.4, -0.2) is 45.9 Å². The first-order valence-electron chi connectivity index (χ1n) is 5.83. The van der Waals surface area contributed by atoms with E-state index in [1.165, 1.54) is 7.11 Å². The van der Waals surface area contributed by atoms with Gasteiger partial charge in [-0.05, 0) is 28.1 Å². The van der Waals surface area contributed by atoms with E-state index in [0.29, 0.717) is 34.7 Å². The minimum Gasteiger partial charge on any atom is -0.495 e. The Morgan fingerprint density at radius 3 is 2.68 bits per heavy atom. The van der Waals surface area contributed by atoms with Gasteiger partial charge >= 0.3 is 0 Å². The molecule has 0 amide bonds. The summed E-state index contributed by atoms with van der Waals surface area (Å²) in [6.45, 7) is 1.22. The Morgan fingerprint density at radius 2 is 2.11 bits per heavy atom. The molecule has 104 valence electrons. The Bertz CT molecular complexity index is 468. The van der Waals surface area contributed by atoms with Crippen LogP contribution in [0.4, 0.5) is 0 Å². The largest absolute Gasteiger partial charge is 0.495 e. The number of hydrogen-bond acceptors (Lipinski definition) is 5. The maximum atomic E-state index is 12.4. The molecule has 0 saturated carbocycles. The zero-order chi connectivity index (χ0) is 13.8. The van der Waals surface area contributed by atoms with Crippen molar-refractivity contribution in [2.24, 2.45) is 0 Å². The molecule has 1 heterocycles. The highest BCUT2D eigenvalue weighted by atomic mass is 79.9. The lowest BCUT2D eigenvalue weighted by atomic mass is 10.0.